The van der Waals surface area contributed by atoms with Gasteiger partial charge in [-0.05, 0) is 25.1 Å². The lowest BCUT2D eigenvalue weighted by Crippen LogP contribution is -2.10. The molecule has 0 aliphatic carbocycles. The molecular weight excluding hydrogens is 314 g/mol. The number of hydrogen-bond acceptors (Lipinski definition) is 5. The summed E-state index contributed by atoms with van der Waals surface area (Å²) in [4.78, 5) is 11.8. The van der Waals surface area contributed by atoms with E-state index < -0.39 is 11.2 Å². The number of aromatic nitrogens is 3. The highest BCUT2D eigenvalue weighted by atomic mass is 32.2. The van der Waals surface area contributed by atoms with Crippen LogP contribution in [0.3, 0.4) is 0 Å². The fraction of sp³-hybridized carbons (Fsp3) is 0.250. The molecule has 2 aromatic heterocycles. The van der Waals surface area contributed by atoms with Gasteiger partial charge < -0.3 is 14.0 Å². The van der Waals surface area contributed by atoms with Crippen molar-refractivity contribution in [3.63, 3.8) is 0 Å². The molecule has 0 bridgehead atoms. The van der Waals surface area contributed by atoms with Gasteiger partial charge in [-0.2, -0.15) is 4.98 Å². The third-order valence-electron chi connectivity index (χ3n) is 3.63. The quantitative estimate of drug-likeness (QED) is 0.727. The third-order valence-corrected chi connectivity index (χ3v) is 4.79. The molecule has 6 nitrogen and oxygen atoms in total. The van der Waals surface area contributed by atoms with Crippen LogP contribution in [0.4, 0.5) is 0 Å². The van der Waals surface area contributed by atoms with Gasteiger partial charge >= 0.3 is 5.16 Å². The van der Waals surface area contributed by atoms with Crippen molar-refractivity contribution in [3.8, 4) is 11.5 Å². The number of pyridine rings is 1. The Balaban J connectivity index is 1.87. The maximum atomic E-state index is 12.6. The minimum Gasteiger partial charge on any atom is -0.609 e. The Labute approximate surface area is 137 Å². The number of aromatic amines is 1. The normalized spacial score (nSPS) is 12.3. The van der Waals surface area contributed by atoms with Crippen LogP contribution in [0.25, 0.3) is 11.0 Å². The van der Waals surface area contributed by atoms with Crippen LogP contribution in [0, 0.1) is 6.92 Å². The largest absolute Gasteiger partial charge is 0.609 e. The Bertz CT molecular complexity index is 835. The van der Waals surface area contributed by atoms with Gasteiger partial charge in [0.15, 0.2) is 5.75 Å². The Morgan fingerprint density at radius 3 is 2.78 bits per heavy atom. The number of benzene rings is 1. The van der Waals surface area contributed by atoms with E-state index in [-0.39, 0.29) is 5.75 Å². The van der Waals surface area contributed by atoms with E-state index in [4.69, 9.17) is 9.47 Å². The van der Waals surface area contributed by atoms with Crippen LogP contribution in [0.5, 0.6) is 11.5 Å². The van der Waals surface area contributed by atoms with Crippen LogP contribution in [0.1, 0.15) is 11.3 Å². The Kier molecular flexibility index (Phi) is 4.40. The molecule has 23 heavy (non-hydrogen) atoms. The Morgan fingerprint density at radius 2 is 2.04 bits per heavy atom. The molecule has 1 aromatic carbocycles. The smallest absolute Gasteiger partial charge is 0.322 e. The number of rotatable bonds is 5. The van der Waals surface area contributed by atoms with Crippen LogP contribution in [0.15, 0.2) is 35.6 Å². The molecule has 0 aliphatic rings. The number of fused-ring (bicyclic) bond motifs is 1. The number of hydrogen-bond donors (Lipinski definition) is 1. The second kappa shape index (κ2) is 6.47. The van der Waals surface area contributed by atoms with Gasteiger partial charge in [-0.15, -0.1) is 0 Å². The van der Waals surface area contributed by atoms with Crippen molar-refractivity contribution in [2.75, 3.05) is 14.2 Å². The first-order valence-corrected chi connectivity index (χ1v) is 8.35. The van der Waals surface area contributed by atoms with Crippen LogP contribution in [-0.4, -0.2) is 33.7 Å². The molecule has 1 N–H and O–H groups in total. The SMILES string of the molecule is COc1ccc2[nH]c([S@@+]([O-])Cc3nccc(OC)c3C)nc2c1. The third kappa shape index (κ3) is 3.11. The Hall–Kier alpha value is -2.25. The van der Waals surface area contributed by atoms with E-state index in [0.29, 0.717) is 10.9 Å². The van der Waals surface area contributed by atoms with E-state index in [1.807, 2.05) is 25.1 Å². The summed E-state index contributed by atoms with van der Waals surface area (Å²) in [5, 5.41) is 0.428. The molecular formula is C16H17N3O3S. The summed E-state index contributed by atoms with van der Waals surface area (Å²) in [6.07, 6.45) is 1.65. The summed E-state index contributed by atoms with van der Waals surface area (Å²) in [5.41, 5.74) is 3.18. The maximum Gasteiger partial charge on any atom is 0.322 e. The lowest BCUT2D eigenvalue weighted by atomic mass is 10.2. The predicted molar refractivity (Wildman–Crippen MR) is 88.3 cm³/mol. The number of methoxy groups -OCH3 is 2. The van der Waals surface area contributed by atoms with Crippen molar-refractivity contribution in [2.24, 2.45) is 0 Å². The highest BCUT2D eigenvalue weighted by molar-refractivity contribution is 7.90. The number of imidazole rings is 1. The zero-order chi connectivity index (χ0) is 16.4. The fourth-order valence-electron chi connectivity index (χ4n) is 2.32. The molecule has 0 radical (unpaired) electrons. The molecule has 0 amide bonds. The van der Waals surface area contributed by atoms with Crippen molar-refractivity contribution >= 4 is 22.2 Å². The van der Waals surface area contributed by atoms with E-state index in [2.05, 4.69) is 15.0 Å². The number of H-pyrrole nitrogens is 1. The summed E-state index contributed by atoms with van der Waals surface area (Å²) in [6.45, 7) is 1.90. The lowest BCUT2D eigenvalue weighted by Gasteiger charge is -2.10. The molecule has 3 rings (SSSR count). The average molecular weight is 331 g/mol. The molecule has 0 fully saturated rings. The molecule has 7 heteroatoms. The molecule has 0 saturated heterocycles. The number of ether oxygens (including phenoxy) is 2. The van der Waals surface area contributed by atoms with Crippen molar-refractivity contribution in [1.82, 2.24) is 15.0 Å². The van der Waals surface area contributed by atoms with Crippen LogP contribution >= 0.6 is 0 Å². The standard InChI is InChI=1S/C16H17N3O3S/c1-10-14(17-7-6-15(10)22-3)9-23(20)16-18-12-5-4-11(21-2)8-13(12)19-16/h4-8H,9H2,1-3H3,(H,18,19)/t23-/m0/s1. The highest BCUT2D eigenvalue weighted by Crippen LogP contribution is 2.24. The zero-order valence-electron chi connectivity index (χ0n) is 13.1. The number of nitrogens with zero attached hydrogens (tertiary/aromatic N) is 2. The van der Waals surface area contributed by atoms with Crippen LogP contribution in [-0.2, 0) is 16.9 Å². The summed E-state index contributed by atoms with van der Waals surface area (Å²) >= 11 is -1.32. The first-order valence-electron chi connectivity index (χ1n) is 7.03. The van der Waals surface area contributed by atoms with Crippen LogP contribution in [0.2, 0.25) is 0 Å². The van der Waals surface area contributed by atoms with Crippen molar-refractivity contribution in [3.05, 3.63) is 41.7 Å². The van der Waals surface area contributed by atoms with Gasteiger partial charge in [-0.25, -0.2) is 0 Å². The van der Waals surface area contributed by atoms with Gasteiger partial charge in [-0.3, -0.25) is 9.97 Å². The summed E-state index contributed by atoms with van der Waals surface area (Å²) in [6, 6.07) is 7.29. The lowest BCUT2D eigenvalue weighted by molar-refractivity contribution is 0.410. The molecule has 120 valence electrons. The number of nitrogens with one attached hydrogen (secondary N) is 1. The van der Waals surface area contributed by atoms with Gasteiger partial charge in [0.1, 0.15) is 11.5 Å². The summed E-state index contributed by atoms with van der Waals surface area (Å²) < 4.78 is 23.0. The topological polar surface area (TPSA) is 83.1 Å². The molecule has 2 heterocycles. The summed E-state index contributed by atoms with van der Waals surface area (Å²) in [7, 11) is 3.21. The average Bonchev–Trinajstić information content (AvgIpc) is 2.99. The molecule has 0 spiro atoms. The van der Waals surface area contributed by atoms with E-state index in [1.165, 1.54) is 0 Å². The van der Waals surface area contributed by atoms with Gasteiger partial charge in [0.25, 0.3) is 0 Å². The second-order valence-electron chi connectivity index (χ2n) is 5.00. The zero-order valence-corrected chi connectivity index (χ0v) is 13.9. The van der Waals surface area contributed by atoms with Crippen LogP contribution < -0.4 is 9.47 Å². The molecule has 3 aromatic rings. The van der Waals surface area contributed by atoms with Crippen molar-refractivity contribution < 1.29 is 14.0 Å². The van der Waals surface area contributed by atoms with Gasteiger partial charge in [0.2, 0.25) is 0 Å². The molecule has 0 aliphatic heterocycles. The minimum absolute atomic E-state index is 0.278. The van der Waals surface area contributed by atoms with E-state index in [9.17, 15) is 4.55 Å². The molecule has 0 saturated carbocycles. The summed E-state index contributed by atoms with van der Waals surface area (Å²) in [5.74, 6) is 1.73. The fourth-order valence-corrected chi connectivity index (χ4v) is 3.42. The maximum absolute atomic E-state index is 12.6. The highest BCUT2D eigenvalue weighted by Gasteiger charge is 2.20. The molecule has 0 unspecified atom stereocenters. The second-order valence-corrected chi connectivity index (χ2v) is 6.37. The van der Waals surface area contributed by atoms with E-state index in [0.717, 1.165) is 28.0 Å². The Morgan fingerprint density at radius 1 is 1.22 bits per heavy atom. The minimum atomic E-state index is -1.32. The van der Waals surface area contributed by atoms with E-state index in [1.54, 1.807) is 26.5 Å². The van der Waals surface area contributed by atoms with E-state index >= 15 is 0 Å². The monoisotopic (exact) mass is 331 g/mol. The van der Waals surface area contributed by atoms with Gasteiger partial charge in [0.05, 0.1) is 30.9 Å². The molecule has 1 atom stereocenters. The van der Waals surface area contributed by atoms with Crippen molar-refractivity contribution in [2.45, 2.75) is 17.8 Å². The first kappa shape index (κ1) is 15.6. The predicted octanol–water partition coefficient (Wildman–Crippen LogP) is 2.59. The first-order chi connectivity index (χ1) is 11.1. The van der Waals surface area contributed by atoms with Gasteiger partial charge in [-0.1, -0.05) is 0 Å². The van der Waals surface area contributed by atoms with Crippen molar-refractivity contribution in [1.29, 1.82) is 0 Å². The van der Waals surface area contributed by atoms with Gasteiger partial charge in [0, 0.05) is 29.0 Å².